The van der Waals surface area contributed by atoms with E-state index in [0.717, 1.165) is 18.7 Å². The molecule has 0 saturated heterocycles. The number of rotatable bonds is 4. The number of nitrogens with zero attached hydrogens (tertiary/aromatic N) is 1. The predicted molar refractivity (Wildman–Crippen MR) is 86.7 cm³/mol. The van der Waals surface area contributed by atoms with E-state index in [1.54, 1.807) is 0 Å². The first kappa shape index (κ1) is 14.6. The Balaban J connectivity index is 1.70. The fourth-order valence-electron chi connectivity index (χ4n) is 2.86. The summed E-state index contributed by atoms with van der Waals surface area (Å²) < 4.78 is 5.88. The summed E-state index contributed by atoms with van der Waals surface area (Å²) in [6.07, 6.45) is 1.18. The third-order valence-corrected chi connectivity index (χ3v) is 4.11. The van der Waals surface area contributed by atoms with E-state index in [2.05, 4.69) is 18.2 Å². The molecule has 0 aliphatic carbocycles. The normalized spacial score (nSPS) is 15.0. The quantitative estimate of drug-likeness (QED) is 0.865. The predicted octanol–water partition coefficient (Wildman–Crippen LogP) is 3.43. The van der Waals surface area contributed by atoms with E-state index in [0.29, 0.717) is 13.0 Å². The number of ether oxygens (including phenoxy) is 1. The molecule has 0 aromatic heterocycles. The highest BCUT2D eigenvalue weighted by atomic mass is 16.5. The molecule has 0 saturated carbocycles. The van der Waals surface area contributed by atoms with Crippen LogP contribution in [0.4, 0.5) is 0 Å². The van der Waals surface area contributed by atoms with Crippen molar-refractivity contribution in [2.24, 2.45) is 0 Å². The fourth-order valence-corrected chi connectivity index (χ4v) is 2.86. The van der Waals surface area contributed by atoms with Crippen molar-refractivity contribution in [2.75, 3.05) is 6.54 Å². The summed E-state index contributed by atoms with van der Waals surface area (Å²) in [6.45, 7) is 3.44. The van der Waals surface area contributed by atoms with Crippen LogP contribution in [0.3, 0.4) is 0 Å². The molecule has 0 fully saturated rings. The Morgan fingerprint density at radius 1 is 1.09 bits per heavy atom. The van der Waals surface area contributed by atoms with E-state index < -0.39 is 6.10 Å². The van der Waals surface area contributed by atoms with Crippen molar-refractivity contribution in [3.8, 4) is 5.75 Å². The third-order valence-electron chi connectivity index (χ3n) is 4.11. The van der Waals surface area contributed by atoms with Gasteiger partial charge < -0.3 is 9.64 Å². The van der Waals surface area contributed by atoms with Crippen molar-refractivity contribution in [1.29, 1.82) is 0 Å². The maximum Gasteiger partial charge on any atom is 0.263 e. The fraction of sp³-hybridized carbons (Fsp3) is 0.316. The molecule has 1 heterocycles. The molecule has 1 aliphatic rings. The van der Waals surface area contributed by atoms with Crippen molar-refractivity contribution in [1.82, 2.24) is 4.90 Å². The zero-order valence-corrected chi connectivity index (χ0v) is 12.9. The lowest BCUT2D eigenvalue weighted by Crippen LogP contribution is -2.44. The first-order valence-electron chi connectivity index (χ1n) is 7.85. The maximum atomic E-state index is 12.7. The second-order valence-electron chi connectivity index (χ2n) is 5.61. The molecule has 3 heteroatoms. The van der Waals surface area contributed by atoms with Gasteiger partial charge in [0.15, 0.2) is 6.10 Å². The van der Waals surface area contributed by atoms with E-state index in [-0.39, 0.29) is 5.91 Å². The minimum absolute atomic E-state index is 0.0841. The van der Waals surface area contributed by atoms with Crippen LogP contribution < -0.4 is 4.74 Å². The summed E-state index contributed by atoms with van der Waals surface area (Å²) in [5.74, 6) is 0.834. The van der Waals surface area contributed by atoms with Crippen molar-refractivity contribution < 1.29 is 9.53 Å². The number of amides is 1. The van der Waals surface area contributed by atoms with Gasteiger partial charge in [-0.1, -0.05) is 49.4 Å². The van der Waals surface area contributed by atoms with Gasteiger partial charge in [0.05, 0.1) is 0 Å². The lowest BCUT2D eigenvalue weighted by molar-refractivity contribution is -0.139. The largest absolute Gasteiger partial charge is 0.481 e. The van der Waals surface area contributed by atoms with Gasteiger partial charge in [0.25, 0.3) is 5.91 Å². The Morgan fingerprint density at radius 3 is 2.50 bits per heavy atom. The highest BCUT2D eigenvalue weighted by Crippen LogP contribution is 2.21. The first-order valence-corrected chi connectivity index (χ1v) is 7.85. The van der Waals surface area contributed by atoms with Crippen LogP contribution in [0, 0.1) is 0 Å². The lowest BCUT2D eigenvalue weighted by Gasteiger charge is -2.31. The van der Waals surface area contributed by atoms with Gasteiger partial charge in [0.2, 0.25) is 0 Å². The van der Waals surface area contributed by atoms with Crippen molar-refractivity contribution in [2.45, 2.75) is 32.4 Å². The van der Waals surface area contributed by atoms with E-state index in [4.69, 9.17) is 4.74 Å². The van der Waals surface area contributed by atoms with Crippen molar-refractivity contribution in [3.63, 3.8) is 0 Å². The SMILES string of the molecule is CCC(Oc1ccccc1)C(=O)N1CCc2ccccc2C1. The molecule has 2 aromatic carbocycles. The number of carbonyl (C=O) groups excluding carboxylic acids is 1. The number of fused-ring (bicyclic) bond motifs is 1. The summed E-state index contributed by atoms with van der Waals surface area (Å²) in [4.78, 5) is 14.7. The van der Waals surface area contributed by atoms with Gasteiger partial charge in [-0.25, -0.2) is 0 Å². The van der Waals surface area contributed by atoms with E-state index in [1.807, 2.05) is 48.2 Å². The van der Waals surface area contributed by atoms with Gasteiger partial charge >= 0.3 is 0 Å². The Kier molecular flexibility index (Phi) is 4.42. The maximum absolute atomic E-state index is 12.7. The summed E-state index contributed by atoms with van der Waals surface area (Å²) in [5.41, 5.74) is 2.60. The van der Waals surface area contributed by atoms with Crippen LogP contribution in [0.5, 0.6) is 5.75 Å². The number of benzene rings is 2. The van der Waals surface area contributed by atoms with Crippen LogP contribution in [-0.2, 0) is 17.8 Å². The van der Waals surface area contributed by atoms with Crippen molar-refractivity contribution in [3.05, 3.63) is 65.7 Å². The van der Waals surface area contributed by atoms with Gasteiger partial charge in [0, 0.05) is 13.1 Å². The number of carbonyl (C=O) groups is 1. The van der Waals surface area contributed by atoms with E-state index in [1.165, 1.54) is 11.1 Å². The second kappa shape index (κ2) is 6.65. The summed E-state index contributed by atoms with van der Waals surface area (Å²) in [5, 5.41) is 0. The minimum atomic E-state index is -0.410. The van der Waals surface area contributed by atoms with E-state index >= 15 is 0 Å². The zero-order valence-electron chi connectivity index (χ0n) is 12.9. The molecule has 0 radical (unpaired) electrons. The lowest BCUT2D eigenvalue weighted by atomic mass is 9.99. The molecular formula is C19H21NO2. The minimum Gasteiger partial charge on any atom is -0.481 e. The molecule has 0 spiro atoms. The Bertz CT molecular complexity index is 635. The molecule has 1 aliphatic heterocycles. The average molecular weight is 295 g/mol. The number of hydrogen-bond donors (Lipinski definition) is 0. The smallest absolute Gasteiger partial charge is 0.263 e. The molecule has 1 unspecified atom stereocenters. The number of hydrogen-bond acceptors (Lipinski definition) is 2. The Labute approximate surface area is 131 Å². The summed E-state index contributed by atoms with van der Waals surface area (Å²) in [6, 6.07) is 17.9. The van der Waals surface area contributed by atoms with Crippen LogP contribution in [0.15, 0.2) is 54.6 Å². The van der Waals surface area contributed by atoms with E-state index in [9.17, 15) is 4.79 Å². The molecule has 3 nitrogen and oxygen atoms in total. The highest BCUT2D eigenvalue weighted by Gasteiger charge is 2.27. The number of para-hydroxylation sites is 1. The molecule has 0 bridgehead atoms. The summed E-state index contributed by atoms with van der Waals surface area (Å²) >= 11 is 0. The van der Waals surface area contributed by atoms with Crippen LogP contribution in [0.2, 0.25) is 0 Å². The van der Waals surface area contributed by atoms with Gasteiger partial charge in [-0.15, -0.1) is 0 Å². The van der Waals surface area contributed by atoms with Gasteiger partial charge in [0.1, 0.15) is 5.75 Å². The van der Waals surface area contributed by atoms with Crippen molar-refractivity contribution >= 4 is 5.91 Å². The van der Waals surface area contributed by atoms with Gasteiger partial charge in [-0.05, 0) is 36.1 Å². The standard InChI is InChI=1S/C19H21NO2/c1-2-18(22-17-10-4-3-5-11-17)19(21)20-13-12-15-8-6-7-9-16(15)14-20/h3-11,18H,2,12-14H2,1H3. The van der Waals surface area contributed by atoms with Gasteiger partial charge in [-0.2, -0.15) is 0 Å². The molecule has 114 valence electrons. The molecule has 22 heavy (non-hydrogen) atoms. The van der Waals surface area contributed by atoms with Crippen LogP contribution in [0.25, 0.3) is 0 Å². The van der Waals surface area contributed by atoms with Crippen LogP contribution in [0.1, 0.15) is 24.5 Å². The van der Waals surface area contributed by atoms with Crippen LogP contribution in [-0.4, -0.2) is 23.5 Å². The topological polar surface area (TPSA) is 29.5 Å². The molecule has 0 N–H and O–H groups in total. The Hall–Kier alpha value is -2.29. The molecule has 1 amide bonds. The monoisotopic (exact) mass is 295 g/mol. The highest BCUT2D eigenvalue weighted by molar-refractivity contribution is 5.81. The molecular weight excluding hydrogens is 274 g/mol. The Morgan fingerprint density at radius 2 is 1.77 bits per heavy atom. The second-order valence-corrected chi connectivity index (χ2v) is 5.61. The van der Waals surface area contributed by atoms with Gasteiger partial charge in [-0.3, -0.25) is 4.79 Å². The summed E-state index contributed by atoms with van der Waals surface area (Å²) in [7, 11) is 0. The first-order chi connectivity index (χ1) is 10.8. The molecule has 1 atom stereocenters. The molecule has 2 aromatic rings. The average Bonchev–Trinajstić information content (AvgIpc) is 2.59. The molecule has 3 rings (SSSR count). The van der Waals surface area contributed by atoms with Crippen LogP contribution >= 0.6 is 0 Å². The zero-order chi connectivity index (χ0) is 15.4. The third kappa shape index (κ3) is 3.14.